The molecule has 6 aromatic rings. The predicted octanol–water partition coefficient (Wildman–Crippen LogP) is 4.29. The maximum absolute atomic E-state index is 5.27. The zero-order valence-corrected chi connectivity index (χ0v) is 20.6. The second-order valence-electron chi connectivity index (χ2n) is 9.12. The summed E-state index contributed by atoms with van der Waals surface area (Å²) in [5, 5.41) is 10.5. The highest BCUT2D eigenvalue weighted by Gasteiger charge is 2.50. The number of benzene rings is 4. The molecule has 3 nitrogen and oxygen atoms in total. The minimum absolute atomic E-state index is 0.984. The molecule has 3 heterocycles. The fourth-order valence-electron chi connectivity index (χ4n) is 5.66. The van der Waals surface area contributed by atoms with Crippen LogP contribution in [-0.2, 0) is 0 Å². The van der Waals surface area contributed by atoms with Crippen LogP contribution in [0.3, 0.4) is 0 Å². The summed E-state index contributed by atoms with van der Waals surface area (Å²) in [7, 11) is -2.66. The Balaban J connectivity index is 1.54. The number of pyridine rings is 1. The Morgan fingerprint density at radius 2 is 1.28 bits per heavy atom. The van der Waals surface area contributed by atoms with Gasteiger partial charge in [0.15, 0.2) is 0 Å². The number of aromatic nitrogens is 3. The smallest absolute Gasteiger partial charge is 0.205 e. The summed E-state index contributed by atoms with van der Waals surface area (Å²) >= 11 is 0. The summed E-state index contributed by atoms with van der Waals surface area (Å²) in [5.41, 5.74) is 5.81. The van der Waals surface area contributed by atoms with Gasteiger partial charge in [-0.25, -0.2) is 4.68 Å². The van der Waals surface area contributed by atoms with Crippen molar-refractivity contribution in [2.24, 2.45) is 0 Å². The lowest BCUT2D eigenvalue weighted by Gasteiger charge is -2.29. The van der Waals surface area contributed by atoms with Crippen LogP contribution >= 0.6 is 0 Å². The molecule has 0 saturated carbocycles. The summed E-state index contributed by atoms with van der Waals surface area (Å²) in [4.78, 5) is 4.64. The van der Waals surface area contributed by atoms with Crippen molar-refractivity contribution in [2.45, 2.75) is 0 Å². The van der Waals surface area contributed by atoms with Gasteiger partial charge in [0.05, 0.1) is 16.7 Å². The van der Waals surface area contributed by atoms with Crippen LogP contribution in [0.15, 0.2) is 140 Å². The van der Waals surface area contributed by atoms with Gasteiger partial charge < -0.3 is 0 Å². The van der Waals surface area contributed by atoms with Crippen molar-refractivity contribution in [3.63, 3.8) is 0 Å². The van der Waals surface area contributed by atoms with Crippen LogP contribution in [0.5, 0.6) is 0 Å². The molecule has 2 aromatic heterocycles. The fraction of sp³-hybridized carbons (Fsp3) is 0. The third kappa shape index (κ3) is 3.05. The number of fused-ring (bicyclic) bond motifs is 3. The van der Waals surface area contributed by atoms with E-state index >= 15 is 0 Å². The van der Waals surface area contributed by atoms with E-state index in [-0.39, 0.29) is 0 Å². The fourth-order valence-corrected chi connectivity index (χ4v) is 10.7. The number of nitrogens with zero attached hydrogens (tertiary/aromatic N) is 3. The van der Waals surface area contributed by atoms with Gasteiger partial charge in [0.2, 0.25) is 8.07 Å². The standard InChI is InChI=1S/C32H23N3Si/c1-2-12-25(13-3-1)35-22-20-32(34-35)36(26-14-10-11-24(23-26)29-17-8-9-21-33-29)30-18-6-4-15-27(30)28-16-5-7-19-31(28)36/h1-23H. The first-order chi connectivity index (χ1) is 17.9. The molecule has 0 aliphatic carbocycles. The number of rotatable bonds is 4. The molecule has 0 atom stereocenters. The summed E-state index contributed by atoms with van der Waals surface area (Å²) in [6.45, 7) is 0. The van der Waals surface area contributed by atoms with E-state index in [1.165, 1.54) is 26.7 Å². The molecular weight excluding hydrogens is 454 g/mol. The average Bonchev–Trinajstić information content (AvgIpc) is 3.56. The summed E-state index contributed by atoms with van der Waals surface area (Å²) in [5.74, 6) is 0. The first-order valence-corrected chi connectivity index (χ1v) is 14.2. The average molecular weight is 478 g/mol. The molecule has 0 N–H and O–H groups in total. The molecule has 1 aliphatic heterocycles. The van der Waals surface area contributed by atoms with Gasteiger partial charge in [0.25, 0.3) is 0 Å². The lowest BCUT2D eigenvalue weighted by molar-refractivity contribution is 0.891. The van der Waals surface area contributed by atoms with Gasteiger partial charge in [-0.15, -0.1) is 0 Å². The van der Waals surface area contributed by atoms with Crippen molar-refractivity contribution in [3.05, 3.63) is 140 Å². The van der Waals surface area contributed by atoms with Gasteiger partial charge in [0.1, 0.15) is 0 Å². The van der Waals surface area contributed by atoms with E-state index in [0.29, 0.717) is 0 Å². The number of hydrogen-bond acceptors (Lipinski definition) is 2. The van der Waals surface area contributed by atoms with Crippen molar-refractivity contribution >= 4 is 29.0 Å². The maximum atomic E-state index is 5.27. The molecule has 7 rings (SSSR count). The molecule has 0 bridgehead atoms. The van der Waals surface area contributed by atoms with Crippen LogP contribution in [0.1, 0.15) is 0 Å². The lowest BCUT2D eigenvalue weighted by atomic mass is 10.1. The van der Waals surface area contributed by atoms with E-state index in [0.717, 1.165) is 22.3 Å². The molecular formula is C32H23N3Si. The summed E-state index contributed by atoms with van der Waals surface area (Å²) < 4.78 is 2.01. The van der Waals surface area contributed by atoms with E-state index in [9.17, 15) is 0 Å². The van der Waals surface area contributed by atoms with E-state index in [1.54, 1.807) is 0 Å². The van der Waals surface area contributed by atoms with Gasteiger partial charge in [-0.1, -0.05) is 97.1 Å². The second kappa shape index (κ2) is 8.29. The van der Waals surface area contributed by atoms with E-state index in [4.69, 9.17) is 5.10 Å². The Morgan fingerprint density at radius 1 is 0.583 bits per heavy atom. The lowest BCUT2D eigenvalue weighted by Crippen LogP contribution is -2.73. The van der Waals surface area contributed by atoms with Crippen LogP contribution in [0.2, 0.25) is 0 Å². The highest BCUT2D eigenvalue weighted by atomic mass is 28.3. The van der Waals surface area contributed by atoms with Gasteiger partial charge >= 0.3 is 0 Å². The molecule has 0 unspecified atom stereocenters. The van der Waals surface area contributed by atoms with Crippen LogP contribution < -0.4 is 20.9 Å². The van der Waals surface area contributed by atoms with E-state index < -0.39 is 8.07 Å². The van der Waals surface area contributed by atoms with Crippen molar-refractivity contribution in [2.75, 3.05) is 0 Å². The Kier molecular flexibility index (Phi) is 4.79. The molecule has 0 fully saturated rings. The third-order valence-corrected chi connectivity index (χ3v) is 11.9. The van der Waals surface area contributed by atoms with Crippen LogP contribution in [0, 0.1) is 0 Å². The molecule has 36 heavy (non-hydrogen) atoms. The van der Waals surface area contributed by atoms with Crippen molar-refractivity contribution in [1.82, 2.24) is 14.8 Å². The Morgan fingerprint density at radius 3 is 2.00 bits per heavy atom. The van der Waals surface area contributed by atoms with Gasteiger partial charge in [-0.05, 0) is 57.0 Å². The molecule has 1 aliphatic rings. The molecule has 170 valence electrons. The Labute approximate surface area is 211 Å². The first kappa shape index (κ1) is 20.8. The van der Waals surface area contributed by atoms with Crippen LogP contribution in [0.4, 0.5) is 0 Å². The molecule has 0 amide bonds. The molecule has 0 saturated heterocycles. The quantitative estimate of drug-likeness (QED) is 0.354. The minimum Gasteiger partial charge on any atom is -0.256 e. The highest BCUT2D eigenvalue weighted by molar-refractivity contribution is 7.21. The zero-order chi connectivity index (χ0) is 24.0. The topological polar surface area (TPSA) is 30.7 Å². The molecule has 0 spiro atoms. The van der Waals surface area contributed by atoms with Gasteiger partial charge in [-0.2, -0.15) is 5.10 Å². The van der Waals surface area contributed by atoms with Crippen molar-refractivity contribution in [1.29, 1.82) is 0 Å². The maximum Gasteiger partial charge on any atom is 0.205 e. The molecule has 4 aromatic carbocycles. The largest absolute Gasteiger partial charge is 0.256 e. The van der Waals surface area contributed by atoms with Crippen LogP contribution in [0.25, 0.3) is 28.1 Å². The first-order valence-electron chi connectivity index (χ1n) is 12.2. The number of hydrogen-bond donors (Lipinski definition) is 0. The number of para-hydroxylation sites is 1. The normalized spacial score (nSPS) is 13.2. The summed E-state index contributed by atoms with van der Waals surface area (Å²) in [6, 6.07) is 45.4. The predicted molar refractivity (Wildman–Crippen MR) is 149 cm³/mol. The molecule has 0 radical (unpaired) electrons. The highest BCUT2D eigenvalue weighted by Crippen LogP contribution is 2.29. The SMILES string of the molecule is c1ccc(-n2ccc([Si]3(c4cccc(-c5ccccn5)c4)c4ccccc4-c4ccccc43)n2)cc1. The monoisotopic (exact) mass is 477 g/mol. The van der Waals surface area contributed by atoms with Crippen molar-refractivity contribution in [3.8, 4) is 28.1 Å². The summed E-state index contributed by atoms with van der Waals surface area (Å²) in [6.07, 6.45) is 3.96. The van der Waals surface area contributed by atoms with Crippen LogP contribution in [-0.4, -0.2) is 22.8 Å². The molecule has 4 heteroatoms. The Hall–Kier alpha value is -4.54. The van der Waals surface area contributed by atoms with E-state index in [2.05, 4.69) is 120 Å². The second-order valence-corrected chi connectivity index (χ2v) is 12.8. The van der Waals surface area contributed by atoms with Gasteiger partial charge in [-0.3, -0.25) is 4.98 Å². The van der Waals surface area contributed by atoms with Gasteiger partial charge in [0, 0.05) is 18.0 Å². The van der Waals surface area contributed by atoms with E-state index in [1.807, 2.05) is 29.1 Å². The zero-order valence-electron chi connectivity index (χ0n) is 19.6. The third-order valence-electron chi connectivity index (χ3n) is 7.20. The van der Waals surface area contributed by atoms with Crippen molar-refractivity contribution < 1.29 is 0 Å². The minimum atomic E-state index is -2.66. The Bertz CT molecular complexity index is 1640.